The van der Waals surface area contributed by atoms with Crippen LogP contribution in [-0.2, 0) is 18.9 Å². The van der Waals surface area contributed by atoms with Crippen LogP contribution in [0.15, 0.2) is 212 Å². The number of fused-ring (bicyclic) bond motifs is 16. The van der Waals surface area contributed by atoms with Gasteiger partial charge in [-0.2, -0.15) is 0 Å². The minimum atomic E-state index is -0.199. The van der Waals surface area contributed by atoms with E-state index in [0.717, 1.165) is 6.42 Å². The minimum absolute atomic E-state index is 0.199. The molecule has 0 unspecified atom stereocenters. The Morgan fingerprint density at radius 1 is 0.272 bits per heavy atom. The molecule has 81 heavy (non-hydrogen) atoms. The van der Waals surface area contributed by atoms with Crippen LogP contribution < -0.4 is 0 Å². The molecule has 1 heteroatoms. The van der Waals surface area contributed by atoms with E-state index >= 15 is 0 Å². The largest absolute Gasteiger partial charge is 0.344 e. The van der Waals surface area contributed by atoms with Crippen LogP contribution in [0.1, 0.15) is 189 Å². The summed E-state index contributed by atoms with van der Waals surface area (Å²) in [4.78, 5) is 0. The second-order valence-corrected chi connectivity index (χ2v) is 16.6. The van der Waals surface area contributed by atoms with Crippen molar-refractivity contribution in [2.45, 2.75) is 171 Å². The van der Waals surface area contributed by atoms with Crippen molar-refractivity contribution < 1.29 is 0 Å². The predicted molar refractivity (Wildman–Crippen MR) is 372 cm³/mol. The van der Waals surface area contributed by atoms with Crippen LogP contribution in [0.4, 0.5) is 0 Å². The van der Waals surface area contributed by atoms with E-state index in [2.05, 4.69) is 227 Å². The predicted octanol–water partition coefficient (Wildman–Crippen LogP) is 25.5. The van der Waals surface area contributed by atoms with E-state index in [1.165, 1.54) is 105 Å². The summed E-state index contributed by atoms with van der Waals surface area (Å²) in [5, 5.41) is 2.68. The van der Waals surface area contributed by atoms with Crippen molar-refractivity contribution in [3.8, 4) is 33.4 Å². The van der Waals surface area contributed by atoms with E-state index < -0.39 is 0 Å². The lowest BCUT2D eigenvalue weighted by Gasteiger charge is -2.30. The number of rotatable bonds is 0. The van der Waals surface area contributed by atoms with Gasteiger partial charge in [0.25, 0.3) is 0 Å². The Kier molecular flexibility index (Phi) is 38.0. The van der Waals surface area contributed by atoms with Gasteiger partial charge in [0.15, 0.2) is 0 Å². The molecule has 434 valence electrons. The fourth-order valence-electron chi connectivity index (χ4n) is 10.3. The molecule has 0 aliphatic heterocycles. The number of aryl methyl sites for hydroxylation is 4. The number of hydrogen-bond acceptors (Lipinski definition) is 0. The number of nitrogens with zero attached hydrogens (tertiary/aromatic N) is 1. The average molecular weight is 1080 g/mol. The first-order valence-corrected chi connectivity index (χ1v) is 31.5. The van der Waals surface area contributed by atoms with Crippen molar-refractivity contribution in [2.75, 3.05) is 0 Å². The van der Waals surface area contributed by atoms with Gasteiger partial charge in [-0.15, -0.1) is 0 Å². The molecule has 1 spiro atoms. The van der Waals surface area contributed by atoms with Crippen LogP contribution in [0.3, 0.4) is 0 Å². The Balaban J connectivity index is 0.00000102. The molecule has 1 aromatic heterocycles. The van der Waals surface area contributed by atoms with Crippen molar-refractivity contribution in [1.82, 2.24) is 4.57 Å². The molecular formula is C80H109N. The number of para-hydroxylation sites is 2. The fraction of sp³-hybridized carbons (Fsp3) is 0.325. The SMILES string of the molecule is CC.CC.CC.CC.CC.CC.CC.CC.CC.CC.Cc1cccc2c1-c1ccccc1C21c2ccccc2-c2c(C)cccc21.Cc1ccccc1.Cn1c2ccccc2c2ccccc21.c1ccc2c(c1)Cc1ccccc1-2. The van der Waals surface area contributed by atoms with Gasteiger partial charge in [0.05, 0.1) is 5.41 Å². The van der Waals surface area contributed by atoms with Gasteiger partial charge in [0.2, 0.25) is 0 Å². The van der Waals surface area contributed by atoms with Crippen LogP contribution in [0.5, 0.6) is 0 Å². The van der Waals surface area contributed by atoms with Gasteiger partial charge >= 0.3 is 0 Å². The summed E-state index contributed by atoms with van der Waals surface area (Å²) in [7, 11) is 2.12. The molecule has 10 aromatic rings. The summed E-state index contributed by atoms with van der Waals surface area (Å²) in [6, 6.07) is 76.2. The van der Waals surface area contributed by atoms with Crippen molar-refractivity contribution in [3.63, 3.8) is 0 Å². The Labute approximate surface area is 497 Å². The second kappa shape index (κ2) is 41.7. The first-order valence-electron chi connectivity index (χ1n) is 31.5. The van der Waals surface area contributed by atoms with Gasteiger partial charge in [-0.25, -0.2) is 0 Å². The molecule has 9 aromatic carbocycles. The van der Waals surface area contributed by atoms with Crippen molar-refractivity contribution in [2.24, 2.45) is 7.05 Å². The number of benzene rings is 9. The Bertz CT molecular complexity index is 3020. The molecule has 1 nitrogen and oxygen atoms in total. The Morgan fingerprint density at radius 2 is 0.556 bits per heavy atom. The molecule has 0 saturated heterocycles. The second-order valence-electron chi connectivity index (χ2n) is 16.6. The van der Waals surface area contributed by atoms with Gasteiger partial charge in [0, 0.05) is 28.9 Å². The van der Waals surface area contributed by atoms with Crippen molar-refractivity contribution >= 4 is 21.8 Å². The lowest BCUT2D eigenvalue weighted by molar-refractivity contribution is 0.793. The molecule has 0 fully saturated rings. The molecule has 0 atom stereocenters. The van der Waals surface area contributed by atoms with Crippen molar-refractivity contribution in [1.29, 1.82) is 0 Å². The van der Waals surface area contributed by atoms with Gasteiger partial charge in [-0.3, -0.25) is 0 Å². The molecule has 0 bridgehead atoms. The average Bonchev–Trinajstić information content (AvgIpc) is 4.37. The monoisotopic (exact) mass is 1080 g/mol. The zero-order valence-electron chi connectivity index (χ0n) is 55.4. The Hall–Kier alpha value is -7.22. The highest BCUT2D eigenvalue weighted by molar-refractivity contribution is 6.07. The van der Waals surface area contributed by atoms with Gasteiger partial charge in [0.1, 0.15) is 0 Å². The third-order valence-electron chi connectivity index (χ3n) is 13.0. The summed E-state index contributed by atoms with van der Waals surface area (Å²) in [5.74, 6) is 0. The van der Waals surface area contributed by atoms with Crippen LogP contribution in [0.2, 0.25) is 0 Å². The third-order valence-corrected chi connectivity index (χ3v) is 13.0. The van der Waals surface area contributed by atoms with E-state index in [4.69, 9.17) is 0 Å². The lowest BCUT2D eigenvalue weighted by Crippen LogP contribution is -2.25. The van der Waals surface area contributed by atoms with E-state index in [1.807, 2.05) is 157 Å². The first kappa shape index (κ1) is 73.8. The summed E-state index contributed by atoms with van der Waals surface area (Å²) in [6.07, 6.45) is 1.10. The van der Waals surface area contributed by atoms with Gasteiger partial charge in [-0.1, -0.05) is 344 Å². The maximum atomic E-state index is 2.34. The molecule has 0 saturated carbocycles. The van der Waals surface area contributed by atoms with Crippen LogP contribution in [0.25, 0.3) is 55.2 Å². The summed E-state index contributed by atoms with van der Waals surface area (Å²) < 4.78 is 2.24. The molecule has 13 rings (SSSR count). The zero-order valence-corrected chi connectivity index (χ0v) is 55.4. The number of aromatic nitrogens is 1. The standard InChI is InChI=1S/C27H20.C13H11N.C13H10.C7H8.10C2H6/c1-17-9-7-15-23-25(17)19-11-3-5-13-21(19)27(23)22-14-6-4-12-20(22)26-18(2)10-8-16-24(26)27;1-14-12-8-4-2-6-10(12)11-7-3-5-9-13(11)14;1-3-7-12-10(5-1)9-11-6-2-4-8-13(11)12;1-7-5-3-2-4-6-7;10*1-2/h3-16H,1-2H3;2-9H,1H3;1-8H,9H2;2-6H,1H3;10*1-2H3. The van der Waals surface area contributed by atoms with Crippen molar-refractivity contribution in [3.05, 3.63) is 262 Å². The topological polar surface area (TPSA) is 4.93 Å². The van der Waals surface area contributed by atoms with Gasteiger partial charge < -0.3 is 4.57 Å². The number of hydrogen-bond donors (Lipinski definition) is 0. The highest BCUT2D eigenvalue weighted by Gasteiger charge is 2.52. The van der Waals surface area contributed by atoms with E-state index in [1.54, 1.807) is 0 Å². The minimum Gasteiger partial charge on any atom is -0.344 e. The maximum Gasteiger partial charge on any atom is 0.0725 e. The molecule has 1 heterocycles. The zero-order chi connectivity index (χ0) is 61.5. The normalized spacial score (nSPS) is 10.3. The summed E-state index contributed by atoms with van der Waals surface area (Å²) >= 11 is 0. The van der Waals surface area contributed by atoms with Crippen LogP contribution in [-0.4, -0.2) is 4.57 Å². The van der Waals surface area contributed by atoms with E-state index in [-0.39, 0.29) is 5.41 Å². The molecule has 3 aliphatic rings. The smallest absolute Gasteiger partial charge is 0.0725 e. The molecule has 0 radical (unpaired) electrons. The van der Waals surface area contributed by atoms with Crippen LogP contribution >= 0.6 is 0 Å². The summed E-state index contributed by atoms with van der Waals surface area (Å²) in [5.41, 5.74) is 23.5. The molecule has 0 amide bonds. The maximum absolute atomic E-state index is 2.34. The highest BCUT2D eigenvalue weighted by atomic mass is 14.9. The third kappa shape index (κ3) is 16.9. The summed E-state index contributed by atoms with van der Waals surface area (Å²) in [6.45, 7) is 46.6. The molecule has 3 aliphatic carbocycles. The molecular weight excluding hydrogens is 975 g/mol. The van der Waals surface area contributed by atoms with E-state index in [0.29, 0.717) is 0 Å². The van der Waals surface area contributed by atoms with Crippen LogP contribution in [0, 0.1) is 20.8 Å². The van der Waals surface area contributed by atoms with Gasteiger partial charge in [-0.05, 0) is 117 Å². The fourth-order valence-corrected chi connectivity index (χ4v) is 10.3. The first-order chi connectivity index (χ1) is 40.0. The van der Waals surface area contributed by atoms with E-state index in [9.17, 15) is 0 Å². The Morgan fingerprint density at radius 3 is 0.901 bits per heavy atom. The molecule has 0 N–H and O–H groups in total. The quantitative estimate of drug-likeness (QED) is 0.143. The lowest BCUT2D eigenvalue weighted by atomic mass is 9.70. The highest BCUT2D eigenvalue weighted by Crippen LogP contribution is 2.63.